The maximum absolute atomic E-state index is 12.7. The Hall–Kier alpha value is -2.03. The van der Waals surface area contributed by atoms with E-state index >= 15 is 0 Å². The van der Waals surface area contributed by atoms with Crippen molar-refractivity contribution in [2.24, 2.45) is 10.3 Å². The molecule has 0 spiro atoms. The highest BCUT2D eigenvalue weighted by Gasteiger charge is 2.21. The van der Waals surface area contributed by atoms with E-state index < -0.39 is 10.0 Å². The lowest BCUT2D eigenvalue weighted by Gasteiger charge is -2.22. The molecule has 1 aliphatic rings. The molecular weight excluding hydrogens is 454 g/mol. The Balaban J connectivity index is 1.79. The van der Waals surface area contributed by atoms with Crippen LogP contribution in [0, 0.1) is 12.8 Å². The predicted molar refractivity (Wildman–Crippen MR) is 119 cm³/mol. The van der Waals surface area contributed by atoms with E-state index in [0.717, 1.165) is 31.5 Å². The molecule has 2 aromatic carbocycles. The van der Waals surface area contributed by atoms with Gasteiger partial charge in [-0.05, 0) is 85.5 Å². The molecule has 0 saturated carbocycles. The van der Waals surface area contributed by atoms with Crippen molar-refractivity contribution in [1.29, 1.82) is 0 Å². The molecule has 2 N–H and O–H groups in total. The molecule has 154 valence electrons. The van der Waals surface area contributed by atoms with Gasteiger partial charge in [0.1, 0.15) is 0 Å². The van der Waals surface area contributed by atoms with E-state index in [0.29, 0.717) is 21.4 Å². The maximum atomic E-state index is 12.7. The first-order chi connectivity index (χ1) is 13.8. The van der Waals surface area contributed by atoms with Crippen molar-refractivity contribution in [2.75, 3.05) is 18.4 Å². The Morgan fingerprint density at radius 2 is 1.86 bits per heavy atom. The molecule has 1 saturated heterocycles. The van der Waals surface area contributed by atoms with Gasteiger partial charge in [0.2, 0.25) is 0 Å². The third-order valence-electron chi connectivity index (χ3n) is 5.07. The number of nitrogens with zero attached hydrogens (tertiary/aromatic N) is 1. The van der Waals surface area contributed by atoms with Crippen molar-refractivity contribution in [3.8, 4) is 0 Å². The quantitative estimate of drug-likeness (QED) is 0.632. The number of benzene rings is 2. The zero-order valence-corrected chi connectivity index (χ0v) is 18.8. The van der Waals surface area contributed by atoms with Gasteiger partial charge in [0.25, 0.3) is 15.9 Å². The van der Waals surface area contributed by atoms with Gasteiger partial charge in [-0.15, -0.1) is 0 Å². The highest BCUT2D eigenvalue weighted by molar-refractivity contribution is 9.10. The third kappa shape index (κ3) is 5.32. The molecule has 0 radical (unpaired) electrons. The lowest BCUT2D eigenvalue weighted by atomic mass is 9.94. The second kappa shape index (κ2) is 9.19. The predicted octanol–water partition coefficient (Wildman–Crippen LogP) is 4.16. The molecule has 6 nitrogen and oxygen atoms in total. The van der Waals surface area contributed by atoms with Crippen LogP contribution in [0.1, 0.15) is 35.7 Å². The molecule has 8 heteroatoms. The average molecular weight is 478 g/mol. The van der Waals surface area contributed by atoms with Crippen LogP contribution in [0.4, 0.5) is 5.69 Å². The zero-order chi connectivity index (χ0) is 21.0. The lowest BCUT2D eigenvalue weighted by molar-refractivity contribution is 0.102. The normalized spacial score (nSPS) is 15.9. The fraction of sp³-hybridized carbons (Fsp3) is 0.333. The smallest absolute Gasteiger partial charge is 0.282 e. The first-order valence-electron chi connectivity index (χ1n) is 9.46. The monoisotopic (exact) mass is 477 g/mol. The molecular formula is C21H24BrN3O3S. The van der Waals surface area contributed by atoms with Gasteiger partial charge in [-0.1, -0.05) is 18.2 Å². The first kappa shape index (κ1) is 21.7. The van der Waals surface area contributed by atoms with Gasteiger partial charge < -0.3 is 10.6 Å². The van der Waals surface area contributed by atoms with E-state index in [1.54, 1.807) is 25.1 Å². The van der Waals surface area contributed by atoms with Crippen LogP contribution >= 0.6 is 15.9 Å². The van der Waals surface area contributed by atoms with Gasteiger partial charge >= 0.3 is 0 Å². The second-order valence-corrected chi connectivity index (χ2v) is 9.60. The summed E-state index contributed by atoms with van der Waals surface area (Å²) in [5, 5.41) is 6.08. The lowest BCUT2D eigenvalue weighted by Crippen LogP contribution is -2.31. The summed E-state index contributed by atoms with van der Waals surface area (Å²) in [5.41, 5.74) is 2.57. The summed E-state index contributed by atoms with van der Waals surface area (Å²) in [6, 6.07) is 11.8. The number of carbonyl (C=O) groups excluding carboxylic acids is 1. The van der Waals surface area contributed by atoms with Gasteiger partial charge in [0.15, 0.2) is 0 Å². The number of halogens is 1. The van der Waals surface area contributed by atoms with Crippen LogP contribution in [0.15, 0.2) is 56.2 Å². The van der Waals surface area contributed by atoms with Crippen molar-refractivity contribution in [1.82, 2.24) is 5.32 Å². The van der Waals surface area contributed by atoms with E-state index in [1.807, 2.05) is 19.1 Å². The van der Waals surface area contributed by atoms with Crippen LogP contribution in [0.25, 0.3) is 0 Å². The number of hydrogen-bond acceptors (Lipinski definition) is 4. The number of aryl methyl sites for hydroxylation is 1. The van der Waals surface area contributed by atoms with Crippen LogP contribution < -0.4 is 10.6 Å². The van der Waals surface area contributed by atoms with E-state index in [1.165, 1.54) is 12.1 Å². The summed E-state index contributed by atoms with van der Waals surface area (Å²) < 4.78 is 30.0. The minimum atomic E-state index is -3.81. The second-order valence-electron chi connectivity index (χ2n) is 7.14. The van der Waals surface area contributed by atoms with Crippen LogP contribution in [0.5, 0.6) is 0 Å². The number of nitrogens with one attached hydrogen (secondary N) is 2. The van der Waals surface area contributed by atoms with Crippen molar-refractivity contribution in [2.45, 2.75) is 31.6 Å². The molecule has 0 bridgehead atoms. The van der Waals surface area contributed by atoms with Crippen LogP contribution in [-0.4, -0.2) is 33.1 Å². The topological polar surface area (TPSA) is 87.6 Å². The molecule has 2 aromatic rings. The molecule has 29 heavy (non-hydrogen) atoms. The van der Waals surface area contributed by atoms with Crippen LogP contribution in [0.3, 0.4) is 0 Å². The van der Waals surface area contributed by atoms with Crippen LogP contribution in [-0.2, 0) is 10.0 Å². The summed E-state index contributed by atoms with van der Waals surface area (Å²) in [5.74, 6) is -0.0682. The number of hydrogen-bond donors (Lipinski definition) is 2. The molecule has 1 aliphatic heterocycles. The zero-order valence-electron chi connectivity index (χ0n) is 16.4. The SMILES string of the molecule is C/C(=N/S(=O)(=O)c1ccc(NC(=O)c2ccccc2C)c(Br)c1)C1CCNCC1. The number of rotatable bonds is 5. The molecule has 1 fully saturated rings. The fourth-order valence-corrected chi connectivity index (χ4v) is 5.10. The van der Waals surface area contributed by atoms with E-state index in [-0.39, 0.29) is 16.7 Å². The number of carbonyl (C=O) groups is 1. The first-order valence-corrected chi connectivity index (χ1v) is 11.7. The highest BCUT2D eigenvalue weighted by atomic mass is 79.9. The van der Waals surface area contributed by atoms with E-state index in [9.17, 15) is 13.2 Å². The van der Waals surface area contributed by atoms with Crippen molar-refractivity contribution in [3.63, 3.8) is 0 Å². The highest BCUT2D eigenvalue weighted by Crippen LogP contribution is 2.28. The van der Waals surface area contributed by atoms with Crippen LogP contribution in [0.2, 0.25) is 0 Å². The Kier molecular flexibility index (Phi) is 6.87. The van der Waals surface area contributed by atoms with Gasteiger partial charge in [0.05, 0.1) is 10.6 Å². The number of piperidine rings is 1. The Morgan fingerprint density at radius 3 is 2.52 bits per heavy atom. The Morgan fingerprint density at radius 1 is 1.17 bits per heavy atom. The van der Waals surface area contributed by atoms with E-state index in [2.05, 4.69) is 31.0 Å². The molecule has 1 heterocycles. The molecule has 0 unspecified atom stereocenters. The number of sulfonamides is 1. The number of amides is 1. The summed E-state index contributed by atoms with van der Waals surface area (Å²) in [7, 11) is -3.81. The molecule has 0 aromatic heterocycles. The molecule has 1 amide bonds. The summed E-state index contributed by atoms with van der Waals surface area (Å²) >= 11 is 3.37. The standard InChI is InChI=1S/C21H24BrN3O3S/c1-14-5-3-4-6-18(14)21(26)24-20-8-7-17(13-19(20)22)29(27,28)25-15(2)16-9-11-23-12-10-16/h3-8,13,16,23H,9-12H2,1-2H3,(H,24,26)/b25-15-. The van der Waals surface area contributed by atoms with Crippen molar-refractivity contribution in [3.05, 3.63) is 58.1 Å². The minimum absolute atomic E-state index is 0.0894. The molecule has 0 atom stereocenters. The van der Waals surface area contributed by atoms with E-state index in [4.69, 9.17) is 0 Å². The molecule has 0 aliphatic carbocycles. The van der Waals surface area contributed by atoms with Crippen molar-refractivity contribution >= 4 is 43.3 Å². The Labute approximate surface area is 180 Å². The largest absolute Gasteiger partial charge is 0.321 e. The maximum Gasteiger partial charge on any atom is 0.282 e. The molecule has 3 rings (SSSR count). The Bertz CT molecular complexity index is 1040. The van der Waals surface area contributed by atoms with Crippen molar-refractivity contribution < 1.29 is 13.2 Å². The third-order valence-corrected chi connectivity index (χ3v) is 7.10. The van der Waals surface area contributed by atoms with Gasteiger partial charge in [-0.25, -0.2) is 0 Å². The summed E-state index contributed by atoms with van der Waals surface area (Å²) in [6.45, 7) is 5.39. The fourth-order valence-electron chi connectivity index (χ4n) is 3.33. The van der Waals surface area contributed by atoms with Gasteiger partial charge in [0, 0.05) is 21.7 Å². The van der Waals surface area contributed by atoms with Gasteiger partial charge in [-0.2, -0.15) is 12.8 Å². The summed E-state index contributed by atoms with van der Waals surface area (Å²) in [6.07, 6.45) is 1.77. The van der Waals surface area contributed by atoms with Gasteiger partial charge in [-0.3, -0.25) is 4.79 Å². The summed E-state index contributed by atoms with van der Waals surface area (Å²) in [4.78, 5) is 12.6. The average Bonchev–Trinajstić information content (AvgIpc) is 2.70. The minimum Gasteiger partial charge on any atom is -0.321 e. The number of anilines is 1.